The molecule has 0 saturated heterocycles. The van der Waals surface area contributed by atoms with E-state index in [0.717, 1.165) is 6.42 Å². The normalized spacial score (nSPS) is 12.5. The van der Waals surface area contributed by atoms with Crippen molar-refractivity contribution in [2.75, 3.05) is 32.6 Å². The Bertz CT molecular complexity index is 156. The molecule has 1 atom stereocenters. The highest BCUT2D eigenvalue weighted by molar-refractivity contribution is 7.99. The zero-order valence-electron chi connectivity index (χ0n) is 8.91. The van der Waals surface area contributed by atoms with Gasteiger partial charge in [-0.1, -0.05) is 6.92 Å². The molecule has 0 fully saturated rings. The Labute approximate surface area is 89.9 Å². The van der Waals surface area contributed by atoms with Crippen molar-refractivity contribution in [1.29, 1.82) is 0 Å². The van der Waals surface area contributed by atoms with E-state index >= 15 is 0 Å². The first-order valence-electron chi connectivity index (χ1n) is 4.78. The molecule has 0 heterocycles. The minimum Gasteiger partial charge on any atom is -0.370 e. The minimum absolute atomic E-state index is 0.0632. The molecule has 4 nitrogen and oxygen atoms in total. The molecule has 0 bridgehead atoms. The molecule has 0 aliphatic rings. The molecule has 0 aromatic carbocycles. The van der Waals surface area contributed by atoms with E-state index in [9.17, 15) is 4.79 Å². The highest BCUT2D eigenvalue weighted by Crippen LogP contribution is 2.07. The molecule has 0 rings (SSSR count). The van der Waals surface area contributed by atoms with Crippen LogP contribution in [0.1, 0.15) is 13.3 Å². The number of carbonyl (C=O) groups excluding carboxylic acids is 1. The quantitative estimate of drug-likeness (QED) is 0.574. The van der Waals surface area contributed by atoms with Crippen LogP contribution in [0.15, 0.2) is 0 Å². The van der Waals surface area contributed by atoms with E-state index in [1.54, 1.807) is 11.8 Å². The average Bonchev–Trinajstić information content (AvgIpc) is 2.18. The van der Waals surface area contributed by atoms with Crippen LogP contribution < -0.4 is 11.1 Å². The number of hydrogen-bond acceptors (Lipinski definition) is 4. The van der Waals surface area contributed by atoms with E-state index < -0.39 is 0 Å². The molecule has 0 aromatic rings. The maximum Gasteiger partial charge on any atom is 0.245 e. The van der Waals surface area contributed by atoms with Gasteiger partial charge in [0.2, 0.25) is 5.91 Å². The highest BCUT2D eigenvalue weighted by Gasteiger charge is 2.02. The first-order chi connectivity index (χ1) is 6.70. The molecule has 84 valence electrons. The van der Waals surface area contributed by atoms with Crippen LogP contribution in [0.3, 0.4) is 0 Å². The number of amides is 1. The summed E-state index contributed by atoms with van der Waals surface area (Å²) in [5.74, 6) is -0.0632. The molecule has 14 heavy (non-hydrogen) atoms. The third-order valence-electron chi connectivity index (χ3n) is 1.77. The minimum atomic E-state index is -0.0632. The van der Waals surface area contributed by atoms with Crippen LogP contribution in [0.2, 0.25) is 0 Å². The topological polar surface area (TPSA) is 64.3 Å². The van der Waals surface area contributed by atoms with Gasteiger partial charge in [-0.25, -0.2) is 0 Å². The van der Waals surface area contributed by atoms with E-state index in [-0.39, 0.29) is 12.5 Å². The second-order valence-electron chi connectivity index (χ2n) is 3.03. The van der Waals surface area contributed by atoms with Crippen LogP contribution in [0, 0.1) is 0 Å². The molecule has 0 spiro atoms. The lowest BCUT2D eigenvalue weighted by atomic mass is 10.3. The van der Waals surface area contributed by atoms with Crippen LogP contribution in [0.5, 0.6) is 0 Å². The number of carbonyl (C=O) groups is 1. The van der Waals surface area contributed by atoms with E-state index in [1.807, 2.05) is 0 Å². The first kappa shape index (κ1) is 13.7. The summed E-state index contributed by atoms with van der Waals surface area (Å²) in [5.41, 5.74) is 5.21. The summed E-state index contributed by atoms with van der Waals surface area (Å²) < 4.78 is 4.99. The predicted molar refractivity (Wildman–Crippen MR) is 60.5 cm³/mol. The lowest BCUT2D eigenvalue weighted by Crippen LogP contribution is -2.30. The summed E-state index contributed by atoms with van der Waals surface area (Å²) in [6.45, 7) is 3.87. The van der Waals surface area contributed by atoms with E-state index in [4.69, 9.17) is 10.5 Å². The molecule has 0 aliphatic heterocycles. The largest absolute Gasteiger partial charge is 0.370 e. The molecule has 0 aromatic heterocycles. The van der Waals surface area contributed by atoms with Crippen molar-refractivity contribution in [1.82, 2.24) is 5.32 Å². The maximum absolute atomic E-state index is 11.1. The Morgan fingerprint density at radius 3 is 2.93 bits per heavy atom. The number of nitrogens with one attached hydrogen (secondary N) is 1. The third-order valence-corrected chi connectivity index (χ3v) is 2.81. The van der Waals surface area contributed by atoms with Gasteiger partial charge in [0, 0.05) is 18.3 Å². The predicted octanol–water partition coefficient (Wildman–Crippen LogP) is 0.220. The zero-order chi connectivity index (χ0) is 10.8. The molecule has 3 N–H and O–H groups in total. The monoisotopic (exact) mass is 220 g/mol. The van der Waals surface area contributed by atoms with Crippen molar-refractivity contribution < 1.29 is 9.53 Å². The second kappa shape index (κ2) is 9.30. The molecule has 5 heteroatoms. The summed E-state index contributed by atoms with van der Waals surface area (Å²) in [6.07, 6.45) is 3.06. The lowest BCUT2D eigenvalue weighted by molar-refractivity contribution is -0.125. The molecule has 0 aliphatic carbocycles. The molecule has 1 amide bonds. The zero-order valence-corrected chi connectivity index (χ0v) is 9.73. The van der Waals surface area contributed by atoms with Crippen LogP contribution in [0.25, 0.3) is 0 Å². The number of hydrogen-bond donors (Lipinski definition) is 2. The number of nitrogens with two attached hydrogens (primary N) is 1. The van der Waals surface area contributed by atoms with E-state index in [2.05, 4.69) is 18.5 Å². The van der Waals surface area contributed by atoms with Gasteiger partial charge in [-0.05, 0) is 12.7 Å². The summed E-state index contributed by atoms with van der Waals surface area (Å²) >= 11 is 1.80. The molecule has 0 radical (unpaired) electrons. The third kappa shape index (κ3) is 8.34. The van der Waals surface area contributed by atoms with Crippen molar-refractivity contribution in [3.8, 4) is 0 Å². The van der Waals surface area contributed by atoms with Crippen LogP contribution in [0.4, 0.5) is 0 Å². The van der Waals surface area contributed by atoms with E-state index in [0.29, 0.717) is 24.9 Å². The average molecular weight is 220 g/mol. The Kier molecular flexibility index (Phi) is 9.13. The first-order valence-corrected chi connectivity index (χ1v) is 6.06. The number of ether oxygens (including phenoxy) is 1. The van der Waals surface area contributed by atoms with Gasteiger partial charge in [-0.2, -0.15) is 11.8 Å². The molecule has 1 unspecified atom stereocenters. The fourth-order valence-corrected chi connectivity index (χ4v) is 1.19. The van der Waals surface area contributed by atoms with Gasteiger partial charge < -0.3 is 15.8 Å². The van der Waals surface area contributed by atoms with Crippen LogP contribution in [-0.4, -0.2) is 43.7 Å². The SMILES string of the molecule is CSC(C)CCNC(=O)COCCN. The van der Waals surface area contributed by atoms with Crippen molar-refractivity contribution in [3.63, 3.8) is 0 Å². The van der Waals surface area contributed by atoms with Gasteiger partial charge in [0.25, 0.3) is 0 Å². The standard InChI is InChI=1S/C9H20N2O2S/c1-8(14-2)3-5-11-9(12)7-13-6-4-10/h8H,3-7,10H2,1-2H3,(H,11,12). The Hall–Kier alpha value is -0.260. The van der Waals surface area contributed by atoms with Gasteiger partial charge in [0.15, 0.2) is 0 Å². The number of thioether (sulfide) groups is 1. The Morgan fingerprint density at radius 1 is 1.64 bits per heavy atom. The molecule has 0 saturated carbocycles. The van der Waals surface area contributed by atoms with Crippen LogP contribution >= 0.6 is 11.8 Å². The summed E-state index contributed by atoms with van der Waals surface area (Å²) in [7, 11) is 0. The second-order valence-corrected chi connectivity index (χ2v) is 4.30. The molecular formula is C9H20N2O2S. The van der Waals surface area contributed by atoms with Crippen LogP contribution in [-0.2, 0) is 9.53 Å². The lowest BCUT2D eigenvalue weighted by Gasteiger charge is -2.09. The molecular weight excluding hydrogens is 200 g/mol. The Balaban J connectivity index is 3.26. The fraction of sp³-hybridized carbons (Fsp3) is 0.889. The summed E-state index contributed by atoms with van der Waals surface area (Å²) in [4.78, 5) is 11.1. The van der Waals surface area contributed by atoms with Crippen molar-refractivity contribution >= 4 is 17.7 Å². The van der Waals surface area contributed by atoms with E-state index in [1.165, 1.54) is 0 Å². The highest BCUT2D eigenvalue weighted by atomic mass is 32.2. The Morgan fingerprint density at radius 2 is 2.36 bits per heavy atom. The van der Waals surface area contributed by atoms with Crippen molar-refractivity contribution in [3.05, 3.63) is 0 Å². The van der Waals surface area contributed by atoms with Gasteiger partial charge in [0.1, 0.15) is 6.61 Å². The van der Waals surface area contributed by atoms with Gasteiger partial charge >= 0.3 is 0 Å². The van der Waals surface area contributed by atoms with Gasteiger partial charge in [-0.3, -0.25) is 4.79 Å². The van der Waals surface area contributed by atoms with Gasteiger partial charge in [0.05, 0.1) is 6.61 Å². The van der Waals surface area contributed by atoms with Crippen molar-refractivity contribution in [2.45, 2.75) is 18.6 Å². The smallest absolute Gasteiger partial charge is 0.245 e. The summed E-state index contributed by atoms with van der Waals surface area (Å²) in [6, 6.07) is 0. The summed E-state index contributed by atoms with van der Waals surface area (Å²) in [5, 5.41) is 3.37. The van der Waals surface area contributed by atoms with Crippen molar-refractivity contribution in [2.24, 2.45) is 5.73 Å². The maximum atomic E-state index is 11.1. The number of rotatable bonds is 8. The van der Waals surface area contributed by atoms with Gasteiger partial charge in [-0.15, -0.1) is 0 Å². The fourth-order valence-electron chi connectivity index (χ4n) is 0.832.